The average Bonchev–Trinajstić information content (AvgIpc) is 2.54. The van der Waals surface area contributed by atoms with Crippen molar-refractivity contribution < 1.29 is 19.1 Å². The van der Waals surface area contributed by atoms with Crippen LogP contribution in [0.1, 0.15) is 19.4 Å². The Morgan fingerprint density at radius 2 is 1.77 bits per heavy atom. The van der Waals surface area contributed by atoms with Crippen molar-refractivity contribution in [1.82, 2.24) is 5.32 Å². The molecular weight excluding hydrogens is 282 g/mol. The predicted molar refractivity (Wildman–Crippen MR) is 86.2 cm³/mol. The van der Waals surface area contributed by atoms with E-state index >= 15 is 0 Å². The lowest BCUT2D eigenvalue weighted by Crippen LogP contribution is -2.26. The average molecular weight is 307 g/mol. The van der Waals surface area contributed by atoms with E-state index in [2.05, 4.69) is 33.5 Å². The molecule has 0 aliphatic rings. The minimum Gasteiger partial charge on any atom is -0.469 e. The Kier molecular flexibility index (Phi) is 10.4. The van der Waals surface area contributed by atoms with Crippen LogP contribution in [0, 0.1) is 5.92 Å². The normalized spacial score (nSPS) is 10.7. The van der Waals surface area contributed by atoms with Gasteiger partial charge in [0.15, 0.2) is 0 Å². The summed E-state index contributed by atoms with van der Waals surface area (Å²) in [5.74, 6) is -0.616. The second-order valence-electron chi connectivity index (χ2n) is 4.81. The molecule has 0 fully saturated rings. The maximum atomic E-state index is 11.1. The van der Waals surface area contributed by atoms with Gasteiger partial charge in [-0.05, 0) is 12.5 Å². The van der Waals surface area contributed by atoms with E-state index in [4.69, 9.17) is 0 Å². The number of carbonyl (C=O) groups excluding carboxylic acids is 2. The molecule has 0 heterocycles. The first-order chi connectivity index (χ1) is 10.4. The van der Waals surface area contributed by atoms with Crippen molar-refractivity contribution in [2.24, 2.45) is 5.92 Å². The van der Waals surface area contributed by atoms with Crippen LogP contribution in [0.2, 0.25) is 0 Å². The molecule has 1 aromatic rings. The van der Waals surface area contributed by atoms with Gasteiger partial charge < -0.3 is 14.8 Å². The van der Waals surface area contributed by atoms with Gasteiger partial charge in [-0.25, -0.2) is 4.79 Å². The highest BCUT2D eigenvalue weighted by Gasteiger charge is 2.11. The van der Waals surface area contributed by atoms with Crippen molar-refractivity contribution in [3.63, 3.8) is 0 Å². The van der Waals surface area contributed by atoms with Gasteiger partial charge in [-0.3, -0.25) is 4.79 Å². The number of carbonyl (C=O) groups is 2. The standard InChI is InChI=1S/C12H17NO2.C5H8O2/c1-10(12(14)15-2)8-13-9-11-6-4-3-5-7-11;1-4(2)5(6)7-3/h3-7,10,13H,8-9H2,1-2H3;1H2,2-3H3. The number of ether oxygens (including phenoxy) is 2. The van der Waals surface area contributed by atoms with Gasteiger partial charge in [0, 0.05) is 18.7 Å². The Bertz CT molecular complexity index is 471. The molecule has 0 radical (unpaired) electrons. The zero-order valence-corrected chi connectivity index (χ0v) is 13.7. The molecule has 1 N–H and O–H groups in total. The molecule has 0 aliphatic carbocycles. The van der Waals surface area contributed by atoms with Gasteiger partial charge in [0.05, 0.1) is 20.1 Å². The van der Waals surface area contributed by atoms with E-state index in [0.29, 0.717) is 12.1 Å². The van der Waals surface area contributed by atoms with Crippen molar-refractivity contribution >= 4 is 11.9 Å². The molecule has 0 saturated carbocycles. The summed E-state index contributed by atoms with van der Waals surface area (Å²) in [5.41, 5.74) is 1.65. The predicted octanol–water partition coefficient (Wildman–Crippen LogP) is 2.32. The van der Waals surface area contributed by atoms with Gasteiger partial charge in [-0.1, -0.05) is 43.8 Å². The lowest BCUT2D eigenvalue weighted by atomic mass is 10.1. The fourth-order valence-electron chi connectivity index (χ4n) is 1.49. The summed E-state index contributed by atoms with van der Waals surface area (Å²) in [6.07, 6.45) is 0. The van der Waals surface area contributed by atoms with Crippen molar-refractivity contribution in [2.75, 3.05) is 20.8 Å². The summed E-state index contributed by atoms with van der Waals surface area (Å²) in [4.78, 5) is 21.3. The summed E-state index contributed by atoms with van der Waals surface area (Å²) < 4.78 is 8.91. The third-order valence-electron chi connectivity index (χ3n) is 2.76. The zero-order valence-electron chi connectivity index (χ0n) is 13.7. The van der Waals surface area contributed by atoms with E-state index in [0.717, 1.165) is 6.54 Å². The molecule has 0 aliphatic heterocycles. The van der Waals surface area contributed by atoms with Crippen molar-refractivity contribution in [2.45, 2.75) is 20.4 Å². The number of esters is 2. The Labute approximate surface area is 132 Å². The Balaban J connectivity index is 0.000000534. The van der Waals surface area contributed by atoms with Crippen LogP contribution in [-0.4, -0.2) is 32.7 Å². The molecule has 0 saturated heterocycles. The smallest absolute Gasteiger partial charge is 0.332 e. The second-order valence-corrected chi connectivity index (χ2v) is 4.81. The molecule has 1 unspecified atom stereocenters. The third-order valence-corrected chi connectivity index (χ3v) is 2.76. The third kappa shape index (κ3) is 8.92. The summed E-state index contributed by atoms with van der Waals surface area (Å²) in [5, 5.41) is 3.22. The van der Waals surface area contributed by atoms with E-state index in [-0.39, 0.29) is 17.9 Å². The van der Waals surface area contributed by atoms with Gasteiger partial charge in [0.2, 0.25) is 0 Å². The monoisotopic (exact) mass is 307 g/mol. The number of methoxy groups -OCH3 is 2. The number of benzene rings is 1. The van der Waals surface area contributed by atoms with E-state index < -0.39 is 0 Å². The molecule has 5 nitrogen and oxygen atoms in total. The number of hydrogen-bond donors (Lipinski definition) is 1. The first kappa shape index (κ1) is 19.9. The second kappa shape index (κ2) is 11.5. The van der Waals surface area contributed by atoms with Crippen LogP contribution in [0.3, 0.4) is 0 Å². The van der Waals surface area contributed by atoms with E-state index in [1.165, 1.54) is 19.8 Å². The molecule has 1 rings (SSSR count). The fraction of sp³-hybridized carbons (Fsp3) is 0.412. The largest absolute Gasteiger partial charge is 0.469 e. The molecule has 1 aromatic carbocycles. The number of rotatable bonds is 6. The fourth-order valence-corrected chi connectivity index (χ4v) is 1.49. The summed E-state index contributed by atoms with van der Waals surface area (Å²) in [7, 11) is 2.74. The summed E-state index contributed by atoms with van der Waals surface area (Å²) in [6.45, 7) is 8.23. The molecule has 0 amide bonds. The minimum absolute atomic E-state index is 0.0984. The minimum atomic E-state index is -0.347. The van der Waals surface area contributed by atoms with E-state index in [1.807, 2.05) is 25.1 Å². The SMILES string of the molecule is C=C(C)C(=O)OC.COC(=O)C(C)CNCc1ccccc1. The molecule has 22 heavy (non-hydrogen) atoms. The highest BCUT2D eigenvalue weighted by Crippen LogP contribution is 1.99. The number of nitrogens with one attached hydrogen (secondary N) is 1. The van der Waals surface area contributed by atoms with Crippen molar-refractivity contribution in [3.05, 3.63) is 48.0 Å². The maximum Gasteiger partial charge on any atom is 0.332 e. The highest BCUT2D eigenvalue weighted by atomic mass is 16.5. The van der Waals surface area contributed by atoms with Gasteiger partial charge in [-0.15, -0.1) is 0 Å². The van der Waals surface area contributed by atoms with Crippen LogP contribution in [-0.2, 0) is 25.6 Å². The van der Waals surface area contributed by atoms with Crippen LogP contribution in [0.15, 0.2) is 42.5 Å². The zero-order chi connectivity index (χ0) is 17.0. The summed E-state index contributed by atoms with van der Waals surface area (Å²) >= 11 is 0. The van der Waals surface area contributed by atoms with Crippen LogP contribution < -0.4 is 5.32 Å². The number of hydrogen-bond acceptors (Lipinski definition) is 5. The quantitative estimate of drug-likeness (QED) is 0.645. The van der Waals surface area contributed by atoms with Crippen molar-refractivity contribution in [3.8, 4) is 0 Å². The maximum absolute atomic E-state index is 11.1. The molecule has 0 bridgehead atoms. The Hall–Kier alpha value is -2.14. The van der Waals surface area contributed by atoms with Gasteiger partial charge in [-0.2, -0.15) is 0 Å². The molecule has 1 atom stereocenters. The summed E-state index contributed by atoms with van der Waals surface area (Å²) in [6, 6.07) is 10.1. The topological polar surface area (TPSA) is 64.6 Å². The van der Waals surface area contributed by atoms with Gasteiger partial charge in [0.1, 0.15) is 0 Å². The van der Waals surface area contributed by atoms with Gasteiger partial charge >= 0.3 is 11.9 Å². The van der Waals surface area contributed by atoms with Crippen LogP contribution in [0.4, 0.5) is 0 Å². The van der Waals surface area contributed by atoms with Crippen LogP contribution in [0.5, 0.6) is 0 Å². The van der Waals surface area contributed by atoms with Crippen LogP contribution in [0.25, 0.3) is 0 Å². The molecule has 5 heteroatoms. The van der Waals surface area contributed by atoms with Crippen LogP contribution >= 0.6 is 0 Å². The lowest BCUT2D eigenvalue weighted by molar-refractivity contribution is -0.144. The highest BCUT2D eigenvalue weighted by molar-refractivity contribution is 5.86. The van der Waals surface area contributed by atoms with Gasteiger partial charge in [0.25, 0.3) is 0 Å². The lowest BCUT2D eigenvalue weighted by Gasteiger charge is -2.10. The molecule has 0 spiro atoms. The van der Waals surface area contributed by atoms with E-state index in [9.17, 15) is 9.59 Å². The molecular formula is C17H25NO4. The molecule has 122 valence electrons. The first-order valence-electron chi connectivity index (χ1n) is 6.98. The first-order valence-corrected chi connectivity index (χ1v) is 6.98. The van der Waals surface area contributed by atoms with E-state index in [1.54, 1.807) is 6.92 Å². The molecule has 0 aromatic heterocycles. The Morgan fingerprint density at radius 3 is 2.18 bits per heavy atom. The Morgan fingerprint density at radius 1 is 1.18 bits per heavy atom. The van der Waals surface area contributed by atoms with Crippen molar-refractivity contribution in [1.29, 1.82) is 0 Å².